The van der Waals surface area contributed by atoms with Crippen LogP contribution in [0.1, 0.15) is 20.1 Å². The highest BCUT2D eigenvalue weighted by molar-refractivity contribution is 7.13. The Hall–Kier alpha value is -1.27. The first-order valence-electron chi connectivity index (χ1n) is 4.31. The van der Waals surface area contributed by atoms with Gasteiger partial charge < -0.3 is 0 Å². The largest absolute Gasteiger partial charge is 0.296 e. The number of hydrogen-bond acceptors (Lipinski definition) is 5. The molecule has 0 fully saturated rings. The van der Waals surface area contributed by atoms with E-state index in [-0.39, 0.29) is 5.91 Å². The fourth-order valence-corrected chi connectivity index (χ4v) is 2.61. The van der Waals surface area contributed by atoms with Crippen LogP contribution in [-0.4, -0.2) is 16.1 Å². The van der Waals surface area contributed by atoms with Gasteiger partial charge in [-0.25, -0.2) is 0 Å². The standard InChI is InChI=1S/C9H9N3OS2/c1-5-3-7(6(2)15-5)8(13)11-9-12-10-4-14-9/h3-4H,1-2H3,(H,11,12,13). The maximum atomic E-state index is 11.8. The molecule has 4 nitrogen and oxygen atoms in total. The van der Waals surface area contributed by atoms with Gasteiger partial charge in [0.15, 0.2) is 0 Å². The summed E-state index contributed by atoms with van der Waals surface area (Å²) in [4.78, 5) is 13.9. The molecule has 1 N–H and O–H groups in total. The molecular weight excluding hydrogens is 230 g/mol. The third-order valence-electron chi connectivity index (χ3n) is 1.87. The zero-order valence-corrected chi connectivity index (χ0v) is 9.91. The zero-order chi connectivity index (χ0) is 10.8. The number of anilines is 1. The van der Waals surface area contributed by atoms with Crippen LogP contribution in [0.2, 0.25) is 0 Å². The van der Waals surface area contributed by atoms with Crippen molar-refractivity contribution in [2.24, 2.45) is 0 Å². The van der Waals surface area contributed by atoms with Crippen LogP contribution in [0.4, 0.5) is 5.13 Å². The molecule has 6 heteroatoms. The van der Waals surface area contributed by atoms with Gasteiger partial charge >= 0.3 is 0 Å². The summed E-state index contributed by atoms with van der Waals surface area (Å²) in [6, 6.07) is 1.89. The molecule has 15 heavy (non-hydrogen) atoms. The Bertz CT molecular complexity index is 476. The Morgan fingerprint density at radius 1 is 1.47 bits per heavy atom. The second-order valence-corrected chi connectivity index (χ2v) is 5.32. The second kappa shape index (κ2) is 4.08. The molecule has 0 saturated heterocycles. The van der Waals surface area contributed by atoms with E-state index in [1.165, 1.54) is 11.3 Å². The molecule has 2 aromatic heterocycles. The predicted molar refractivity (Wildman–Crippen MR) is 61.7 cm³/mol. The third-order valence-corrected chi connectivity index (χ3v) is 3.44. The molecule has 0 aromatic carbocycles. The van der Waals surface area contributed by atoms with Gasteiger partial charge in [0.1, 0.15) is 5.51 Å². The van der Waals surface area contributed by atoms with Gasteiger partial charge in [-0.2, -0.15) is 0 Å². The van der Waals surface area contributed by atoms with Gasteiger partial charge in [-0.3, -0.25) is 10.1 Å². The van der Waals surface area contributed by atoms with Crippen LogP contribution in [0.25, 0.3) is 0 Å². The minimum atomic E-state index is -0.117. The van der Waals surface area contributed by atoms with Gasteiger partial charge in [0.2, 0.25) is 5.13 Å². The summed E-state index contributed by atoms with van der Waals surface area (Å²) in [6.07, 6.45) is 0. The Morgan fingerprint density at radius 3 is 2.80 bits per heavy atom. The Balaban J connectivity index is 2.18. The Morgan fingerprint density at radius 2 is 2.27 bits per heavy atom. The minimum absolute atomic E-state index is 0.117. The average molecular weight is 239 g/mol. The molecule has 2 rings (SSSR count). The number of hydrogen-bond donors (Lipinski definition) is 1. The second-order valence-electron chi connectivity index (χ2n) is 3.02. The molecule has 0 saturated carbocycles. The molecule has 0 bridgehead atoms. The van der Waals surface area contributed by atoms with Crippen molar-refractivity contribution in [1.29, 1.82) is 0 Å². The fraction of sp³-hybridized carbons (Fsp3) is 0.222. The van der Waals surface area contributed by atoms with Crippen LogP contribution in [-0.2, 0) is 0 Å². The van der Waals surface area contributed by atoms with Gasteiger partial charge in [0.05, 0.1) is 5.56 Å². The first-order chi connectivity index (χ1) is 7.16. The maximum absolute atomic E-state index is 11.8. The van der Waals surface area contributed by atoms with Crippen LogP contribution in [0.3, 0.4) is 0 Å². The Kier molecular flexibility index (Phi) is 2.79. The van der Waals surface area contributed by atoms with Crippen LogP contribution in [0.15, 0.2) is 11.6 Å². The van der Waals surface area contributed by atoms with E-state index < -0.39 is 0 Å². The van der Waals surface area contributed by atoms with E-state index in [0.29, 0.717) is 10.7 Å². The molecule has 2 aromatic rings. The minimum Gasteiger partial charge on any atom is -0.296 e. The lowest BCUT2D eigenvalue weighted by atomic mass is 10.2. The summed E-state index contributed by atoms with van der Waals surface area (Å²) < 4.78 is 0. The van der Waals surface area contributed by atoms with Crippen molar-refractivity contribution in [3.63, 3.8) is 0 Å². The van der Waals surface area contributed by atoms with Crippen LogP contribution < -0.4 is 5.32 Å². The van der Waals surface area contributed by atoms with Gasteiger partial charge in [-0.05, 0) is 19.9 Å². The molecule has 0 spiro atoms. The number of nitrogens with one attached hydrogen (secondary N) is 1. The number of aromatic nitrogens is 2. The summed E-state index contributed by atoms with van der Waals surface area (Å²) in [5.74, 6) is -0.117. The SMILES string of the molecule is Cc1cc(C(=O)Nc2nncs2)c(C)s1. The molecule has 1 amide bonds. The highest BCUT2D eigenvalue weighted by Gasteiger charge is 2.12. The van der Waals surface area contributed by atoms with E-state index in [1.807, 2.05) is 19.9 Å². The van der Waals surface area contributed by atoms with E-state index in [4.69, 9.17) is 0 Å². The first-order valence-corrected chi connectivity index (χ1v) is 6.01. The number of amides is 1. The topological polar surface area (TPSA) is 54.9 Å². The zero-order valence-electron chi connectivity index (χ0n) is 8.27. The predicted octanol–water partition coefficient (Wildman–Crippen LogP) is 2.47. The lowest BCUT2D eigenvalue weighted by Gasteiger charge is -1.98. The maximum Gasteiger partial charge on any atom is 0.258 e. The van der Waals surface area contributed by atoms with Crippen LogP contribution in [0.5, 0.6) is 0 Å². The number of carbonyl (C=O) groups is 1. The number of aryl methyl sites for hydroxylation is 2. The van der Waals surface area contributed by atoms with E-state index in [0.717, 1.165) is 9.75 Å². The summed E-state index contributed by atoms with van der Waals surface area (Å²) in [7, 11) is 0. The number of rotatable bonds is 2. The van der Waals surface area contributed by atoms with Crippen molar-refractivity contribution in [2.75, 3.05) is 5.32 Å². The normalized spacial score (nSPS) is 10.3. The molecule has 0 radical (unpaired) electrons. The molecule has 0 aliphatic rings. The van der Waals surface area contributed by atoms with Crippen molar-refractivity contribution in [1.82, 2.24) is 10.2 Å². The highest BCUT2D eigenvalue weighted by Crippen LogP contribution is 2.21. The molecule has 0 aliphatic carbocycles. The van der Waals surface area contributed by atoms with Crippen LogP contribution in [0, 0.1) is 13.8 Å². The third kappa shape index (κ3) is 2.21. The molecule has 0 aliphatic heterocycles. The first kappa shape index (κ1) is 10.3. The van der Waals surface area contributed by atoms with Crippen molar-refractivity contribution in [3.8, 4) is 0 Å². The van der Waals surface area contributed by atoms with Crippen molar-refractivity contribution in [3.05, 3.63) is 26.9 Å². The summed E-state index contributed by atoms with van der Waals surface area (Å²) in [6.45, 7) is 3.92. The number of thiophene rings is 1. The number of carbonyl (C=O) groups excluding carboxylic acids is 1. The number of nitrogens with zero attached hydrogens (tertiary/aromatic N) is 2. The van der Waals surface area contributed by atoms with Crippen molar-refractivity contribution >= 4 is 33.7 Å². The summed E-state index contributed by atoms with van der Waals surface area (Å²) >= 11 is 2.92. The average Bonchev–Trinajstić information content (AvgIpc) is 2.75. The van der Waals surface area contributed by atoms with E-state index in [2.05, 4.69) is 15.5 Å². The van der Waals surface area contributed by atoms with Gasteiger partial charge in [0.25, 0.3) is 5.91 Å². The van der Waals surface area contributed by atoms with Crippen molar-refractivity contribution in [2.45, 2.75) is 13.8 Å². The molecule has 0 unspecified atom stereocenters. The summed E-state index contributed by atoms with van der Waals surface area (Å²) in [5, 5.41) is 10.6. The molecule has 2 heterocycles. The highest BCUT2D eigenvalue weighted by atomic mass is 32.1. The summed E-state index contributed by atoms with van der Waals surface area (Å²) in [5.41, 5.74) is 2.30. The quantitative estimate of drug-likeness (QED) is 0.875. The van der Waals surface area contributed by atoms with Gasteiger partial charge in [-0.15, -0.1) is 21.5 Å². The molecule has 0 atom stereocenters. The van der Waals surface area contributed by atoms with E-state index >= 15 is 0 Å². The smallest absolute Gasteiger partial charge is 0.258 e. The lowest BCUT2D eigenvalue weighted by Crippen LogP contribution is -2.11. The lowest BCUT2D eigenvalue weighted by molar-refractivity contribution is 0.102. The monoisotopic (exact) mass is 239 g/mol. The van der Waals surface area contributed by atoms with Crippen LogP contribution >= 0.6 is 22.7 Å². The van der Waals surface area contributed by atoms with Gasteiger partial charge in [0, 0.05) is 9.75 Å². The Labute approximate surface area is 95.0 Å². The van der Waals surface area contributed by atoms with Crippen molar-refractivity contribution < 1.29 is 4.79 Å². The fourth-order valence-electron chi connectivity index (χ4n) is 1.25. The molecule has 78 valence electrons. The molecular formula is C9H9N3OS2. The van der Waals surface area contributed by atoms with E-state index in [1.54, 1.807) is 16.8 Å². The van der Waals surface area contributed by atoms with Gasteiger partial charge in [-0.1, -0.05) is 11.3 Å². The van der Waals surface area contributed by atoms with E-state index in [9.17, 15) is 4.79 Å².